The fourth-order valence-corrected chi connectivity index (χ4v) is 3.20. The van der Waals surface area contributed by atoms with Gasteiger partial charge in [0.2, 0.25) is 0 Å². The van der Waals surface area contributed by atoms with E-state index in [1.807, 2.05) is 12.1 Å². The maximum atomic E-state index is 12.7. The van der Waals surface area contributed by atoms with Crippen molar-refractivity contribution >= 4 is 33.2 Å². The molecule has 30 heavy (non-hydrogen) atoms. The number of anilines is 2. The number of aromatic nitrogens is 4. The van der Waals surface area contributed by atoms with Crippen LogP contribution in [0.4, 0.5) is 24.8 Å². The van der Waals surface area contributed by atoms with Gasteiger partial charge >= 0.3 is 6.18 Å². The number of nitrogens with zero attached hydrogens (tertiary/aromatic N) is 4. The standard InChI is InChI=1S/C20H16BrF3N6/c21-16-12-28-30-18(27-11-14-2-1-7-25-9-14)8-17(29-19(16)30)26-10-13-3-5-15(6-4-13)20(22,23)24/h1-9,12,27H,10-11H2,(H,26,29). The van der Waals surface area contributed by atoms with E-state index >= 15 is 0 Å². The van der Waals surface area contributed by atoms with E-state index < -0.39 is 11.7 Å². The molecular formula is C20H16BrF3N6. The topological polar surface area (TPSA) is 67.1 Å². The summed E-state index contributed by atoms with van der Waals surface area (Å²) in [5, 5.41) is 10.8. The summed E-state index contributed by atoms with van der Waals surface area (Å²) in [4.78, 5) is 8.63. The molecule has 3 heterocycles. The van der Waals surface area contributed by atoms with Gasteiger partial charge in [-0.25, -0.2) is 4.98 Å². The van der Waals surface area contributed by atoms with Crippen LogP contribution in [0.15, 0.2) is 65.5 Å². The molecule has 154 valence electrons. The minimum atomic E-state index is -4.35. The number of alkyl halides is 3. The molecule has 0 unspecified atom stereocenters. The van der Waals surface area contributed by atoms with Crippen molar-refractivity contribution in [3.63, 3.8) is 0 Å². The van der Waals surface area contributed by atoms with Crippen LogP contribution >= 0.6 is 15.9 Å². The zero-order valence-electron chi connectivity index (χ0n) is 15.5. The van der Waals surface area contributed by atoms with Crippen molar-refractivity contribution in [2.24, 2.45) is 0 Å². The number of benzene rings is 1. The Balaban J connectivity index is 1.53. The number of fused-ring (bicyclic) bond motifs is 1. The van der Waals surface area contributed by atoms with Crippen LogP contribution in [0, 0.1) is 0 Å². The molecule has 10 heteroatoms. The predicted molar refractivity (Wildman–Crippen MR) is 111 cm³/mol. The fourth-order valence-electron chi connectivity index (χ4n) is 2.85. The highest BCUT2D eigenvalue weighted by Gasteiger charge is 2.29. The third-order valence-corrected chi connectivity index (χ3v) is 4.94. The molecule has 4 rings (SSSR count). The molecule has 0 aliphatic heterocycles. The molecule has 0 saturated heterocycles. The number of hydrogen-bond acceptors (Lipinski definition) is 5. The molecule has 0 saturated carbocycles. The van der Waals surface area contributed by atoms with Crippen LogP contribution in [0.5, 0.6) is 0 Å². The van der Waals surface area contributed by atoms with Gasteiger partial charge in [0.15, 0.2) is 5.65 Å². The van der Waals surface area contributed by atoms with E-state index in [-0.39, 0.29) is 0 Å². The SMILES string of the molecule is FC(F)(F)c1ccc(CNc2cc(NCc3cccnc3)n3ncc(Br)c3n2)cc1. The van der Waals surface area contributed by atoms with Gasteiger partial charge < -0.3 is 10.6 Å². The zero-order chi connectivity index (χ0) is 21.1. The van der Waals surface area contributed by atoms with Crippen molar-refractivity contribution in [2.75, 3.05) is 10.6 Å². The van der Waals surface area contributed by atoms with Crippen LogP contribution in [0.2, 0.25) is 0 Å². The Labute approximate surface area is 178 Å². The number of halogens is 4. The maximum absolute atomic E-state index is 12.7. The highest BCUT2D eigenvalue weighted by Crippen LogP contribution is 2.29. The Hall–Kier alpha value is -3.14. The first kappa shape index (κ1) is 20.1. The van der Waals surface area contributed by atoms with Crippen LogP contribution in [-0.2, 0) is 19.3 Å². The number of nitrogens with one attached hydrogen (secondary N) is 2. The summed E-state index contributed by atoms with van der Waals surface area (Å²) in [5.41, 5.74) is 1.66. The van der Waals surface area contributed by atoms with Gasteiger partial charge in [0.1, 0.15) is 11.6 Å². The van der Waals surface area contributed by atoms with Crippen molar-refractivity contribution in [1.29, 1.82) is 0 Å². The Morgan fingerprint density at radius 2 is 1.73 bits per heavy atom. The average Bonchev–Trinajstić information content (AvgIpc) is 3.12. The van der Waals surface area contributed by atoms with E-state index in [4.69, 9.17) is 0 Å². The molecule has 4 aromatic rings. The van der Waals surface area contributed by atoms with E-state index in [9.17, 15) is 13.2 Å². The van der Waals surface area contributed by atoms with Crippen LogP contribution in [0.3, 0.4) is 0 Å². The van der Waals surface area contributed by atoms with Gasteiger partial charge in [0, 0.05) is 31.5 Å². The van der Waals surface area contributed by atoms with Crippen LogP contribution < -0.4 is 10.6 Å². The molecule has 6 nitrogen and oxygen atoms in total. The summed E-state index contributed by atoms with van der Waals surface area (Å²) in [7, 11) is 0. The summed E-state index contributed by atoms with van der Waals surface area (Å²) in [6.07, 6.45) is 0.787. The second-order valence-electron chi connectivity index (χ2n) is 6.52. The molecule has 0 aliphatic rings. The summed E-state index contributed by atoms with van der Waals surface area (Å²) in [5.74, 6) is 1.28. The predicted octanol–water partition coefficient (Wildman–Crippen LogP) is 5.13. The minimum absolute atomic E-state index is 0.328. The van der Waals surface area contributed by atoms with Crippen molar-refractivity contribution in [1.82, 2.24) is 19.6 Å². The monoisotopic (exact) mass is 476 g/mol. The van der Waals surface area contributed by atoms with Gasteiger partial charge in [-0.3, -0.25) is 4.98 Å². The van der Waals surface area contributed by atoms with Crippen molar-refractivity contribution in [3.05, 3.63) is 82.2 Å². The highest BCUT2D eigenvalue weighted by molar-refractivity contribution is 9.10. The van der Waals surface area contributed by atoms with Crippen LogP contribution in [0.25, 0.3) is 5.65 Å². The normalized spacial score (nSPS) is 11.6. The Kier molecular flexibility index (Phi) is 5.58. The summed E-state index contributed by atoms with van der Waals surface area (Å²) < 4.78 is 40.5. The number of pyridine rings is 1. The summed E-state index contributed by atoms with van der Waals surface area (Å²) in [6, 6.07) is 10.7. The Bertz CT molecular complexity index is 1140. The van der Waals surface area contributed by atoms with Gasteiger partial charge in [0.05, 0.1) is 16.2 Å². The molecule has 2 N–H and O–H groups in total. The molecule has 0 bridgehead atoms. The highest BCUT2D eigenvalue weighted by atomic mass is 79.9. The first-order chi connectivity index (χ1) is 14.4. The maximum Gasteiger partial charge on any atom is 0.416 e. The molecule has 0 amide bonds. The quantitative estimate of drug-likeness (QED) is 0.403. The lowest BCUT2D eigenvalue weighted by Gasteiger charge is -2.12. The van der Waals surface area contributed by atoms with Crippen molar-refractivity contribution in [2.45, 2.75) is 19.3 Å². The first-order valence-electron chi connectivity index (χ1n) is 8.97. The second-order valence-corrected chi connectivity index (χ2v) is 7.37. The van der Waals surface area contributed by atoms with E-state index in [0.717, 1.165) is 22.2 Å². The van der Waals surface area contributed by atoms with Crippen molar-refractivity contribution < 1.29 is 13.2 Å². The van der Waals surface area contributed by atoms with E-state index in [1.54, 1.807) is 29.2 Å². The van der Waals surface area contributed by atoms with Crippen LogP contribution in [-0.4, -0.2) is 19.6 Å². The lowest BCUT2D eigenvalue weighted by molar-refractivity contribution is -0.137. The Morgan fingerprint density at radius 1 is 0.967 bits per heavy atom. The molecule has 0 fully saturated rings. The average molecular weight is 477 g/mol. The largest absolute Gasteiger partial charge is 0.416 e. The lowest BCUT2D eigenvalue weighted by atomic mass is 10.1. The second kappa shape index (κ2) is 8.31. The first-order valence-corrected chi connectivity index (χ1v) is 9.76. The molecule has 0 aliphatic carbocycles. The van der Waals surface area contributed by atoms with Gasteiger partial charge in [-0.2, -0.15) is 22.8 Å². The molecule has 0 atom stereocenters. The van der Waals surface area contributed by atoms with Gasteiger partial charge in [0.25, 0.3) is 0 Å². The zero-order valence-corrected chi connectivity index (χ0v) is 17.1. The van der Waals surface area contributed by atoms with Gasteiger partial charge in [-0.15, -0.1) is 0 Å². The van der Waals surface area contributed by atoms with Gasteiger partial charge in [-0.05, 0) is 45.3 Å². The fraction of sp³-hybridized carbons (Fsp3) is 0.150. The summed E-state index contributed by atoms with van der Waals surface area (Å²) >= 11 is 3.44. The van der Waals surface area contributed by atoms with E-state index in [0.29, 0.717) is 35.9 Å². The summed E-state index contributed by atoms with van der Waals surface area (Å²) in [6.45, 7) is 0.873. The van der Waals surface area contributed by atoms with Crippen LogP contribution in [0.1, 0.15) is 16.7 Å². The number of hydrogen-bond donors (Lipinski definition) is 2. The molecular weight excluding hydrogens is 461 g/mol. The number of rotatable bonds is 6. The third-order valence-electron chi connectivity index (χ3n) is 4.38. The molecule has 1 aromatic carbocycles. The van der Waals surface area contributed by atoms with E-state index in [1.165, 1.54) is 12.1 Å². The lowest BCUT2D eigenvalue weighted by Crippen LogP contribution is -2.09. The third kappa shape index (κ3) is 4.54. The van der Waals surface area contributed by atoms with E-state index in [2.05, 4.69) is 41.6 Å². The molecule has 0 radical (unpaired) electrons. The molecule has 3 aromatic heterocycles. The van der Waals surface area contributed by atoms with Crippen molar-refractivity contribution in [3.8, 4) is 0 Å². The Morgan fingerprint density at radius 3 is 2.43 bits per heavy atom. The molecule has 0 spiro atoms. The minimum Gasteiger partial charge on any atom is -0.366 e. The van der Waals surface area contributed by atoms with Gasteiger partial charge in [-0.1, -0.05) is 18.2 Å². The smallest absolute Gasteiger partial charge is 0.366 e.